The molecular weight excluding hydrogens is 390 g/mol. The molecule has 4 rings (SSSR count). The van der Waals surface area contributed by atoms with Gasteiger partial charge in [0, 0.05) is 25.2 Å². The Labute approximate surface area is 172 Å². The second-order valence-electron chi connectivity index (χ2n) is 7.41. The molecule has 156 valence electrons. The lowest BCUT2D eigenvalue weighted by molar-refractivity contribution is -0.141. The molecule has 8 nitrogen and oxygen atoms in total. The number of amides is 1. The van der Waals surface area contributed by atoms with Gasteiger partial charge < -0.3 is 24.6 Å². The number of nitrogens with zero attached hydrogens (tertiary/aromatic N) is 1. The molecule has 2 aliphatic heterocycles. The van der Waals surface area contributed by atoms with E-state index in [-0.39, 0.29) is 54.1 Å². The topological polar surface area (TPSA) is 113 Å². The van der Waals surface area contributed by atoms with Crippen LogP contribution in [0.1, 0.15) is 34.9 Å². The Bertz CT molecular complexity index is 988. The zero-order chi connectivity index (χ0) is 21.3. The van der Waals surface area contributed by atoms with Gasteiger partial charge in [0.2, 0.25) is 0 Å². The van der Waals surface area contributed by atoms with Crippen molar-refractivity contribution in [2.45, 2.75) is 18.9 Å². The molecule has 2 unspecified atom stereocenters. The number of aliphatic carboxylic acids is 1. The first kappa shape index (κ1) is 19.8. The summed E-state index contributed by atoms with van der Waals surface area (Å²) in [5, 5.41) is 19.3. The van der Waals surface area contributed by atoms with Crippen molar-refractivity contribution in [3.63, 3.8) is 0 Å². The van der Waals surface area contributed by atoms with Gasteiger partial charge in [0.25, 0.3) is 5.91 Å². The quantitative estimate of drug-likeness (QED) is 0.777. The fourth-order valence-corrected chi connectivity index (χ4v) is 3.78. The van der Waals surface area contributed by atoms with Crippen molar-refractivity contribution in [1.29, 1.82) is 0 Å². The van der Waals surface area contributed by atoms with Crippen molar-refractivity contribution >= 4 is 17.7 Å². The zero-order valence-corrected chi connectivity index (χ0v) is 16.1. The normalized spacial score (nSPS) is 20.4. The van der Waals surface area contributed by atoms with Gasteiger partial charge in [0.05, 0.1) is 12.3 Å². The number of phenolic OH excluding ortho intramolecular Hbond substituents is 1. The number of likely N-dealkylation sites (tertiary alicyclic amines) is 1. The number of carboxylic acid groups (broad SMARTS) is 1. The number of carbonyl (C=O) groups is 3. The highest BCUT2D eigenvalue weighted by molar-refractivity contribution is 6.02. The molecule has 1 saturated heterocycles. The molecule has 2 aliphatic rings. The Kier molecular flexibility index (Phi) is 5.31. The summed E-state index contributed by atoms with van der Waals surface area (Å²) in [5.74, 6) is -1.92. The summed E-state index contributed by atoms with van der Waals surface area (Å²) in [6, 6.07) is 12.1. The minimum absolute atomic E-state index is 0.102. The molecule has 0 saturated carbocycles. The standard InChI is InChI=1S/C22H21NO7/c24-16-8-15(29-12-20(26)23-7-6-14(11-23)22(27)28)9-19-21(16)17(25)10-18(30-19)13-4-2-1-3-5-13/h1-5,8-9,14,18,24H,6-7,10-12H2,(H,27,28). The molecule has 2 aromatic carbocycles. The third-order valence-corrected chi connectivity index (χ3v) is 5.40. The van der Waals surface area contributed by atoms with E-state index in [9.17, 15) is 19.5 Å². The molecule has 0 aromatic heterocycles. The molecule has 2 aromatic rings. The van der Waals surface area contributed by atoms with Crippen LogP contribution in [0.15, 0.2) is 42.5 Å². The predicted octanol–water partition coefficient (Wildman–Crippen LogP) is 2.41. The van der Waals surface area contributed by atoms with Crippen molar-refractivity contribution in [2.75, 3.05) is 19.7 Å². The van der Waals surface area contributed by atoms with Crippen LogP contribution in [-0.4, -0.2) is 52.5 Å². The minimum Gasteiger partial charge on any atom is -0.507 e. The number of rotatable bonds is 5. The van der Waals surface area contributed by atoms with E-state index in [0.29, 0.717) is 13.0 Å². The number of benzene rings is 2. The number of hydrogen-bond donors (Lipinski definition) is 2. The summed E-state index contributed by atoms with van der Waals surface area (Å²) < 4.78 is 11.4. The maximum Gasteiger partial charge on any atom is 0.308 e. The molecule has 2 atom stereocenters. The maximum absolute atomic E-state index is 12.5. The van der Waals surface area contributed by atoms with Gasteiger partial charge in [-0.05, 0) is 12.0 Å². The molecule has 30 heavy (non-hydrogen) atoms. The second kappa shape index (κ2) is 8.06. The lowest BCUT2D eigenvalue weighted by atomic mass is 9.95. The number of aromatic hydroxyl groups is 1. The van der Waals surface area contributed by atoms with E-state index in [1.165, 1.54) is 17.0 Å². The van der Waals surface area contributed by atoms with Gasteiger partial charge in [-0.15, -0.1) is 0 Å². The van der Waals surface area contributed by atoms with Crippen molar-refractivity contribution in [1.82, 2.24) is 4.90 Å². The van der Waals surface area contributed by atoms with Crippen LogP contribution in [0.4, 0.5) is 0 Å². The van der Waals surface area contributed by atoms with E-state index in [1.54, 1.807) is 0 Å². The van der Waals surface area contributed by atoms with Crippen LogP contribution >= 0.6 is 0 Å². The molecule has 0 bridgehead atoms. The van der Waals surface area contributed by atoms with Gasteiger partial charge in [-0.25, -0.2) is 0 Å². The fraction of sp³-hybridized carbons (Fsp3) is 0.318. The molecule has 0 spiro atoms. The molecule has 2 heterocycles. The molecule has 1 amide bonds. The van der Waals surface area contributed by atoms with Crippen LogP contribution in [0, 0.1) is 5.92 Å². The summed E-state index contributed by atoms with van der Waals surface area (Å²) >= 11 is 0. The van der Waals surface area contributed by atoms with E-state index >= 15 is 0 Å². The molecule has 0 aliphatic carbocycles. The van der Waals surface area contributed by atoms with Crippen LogP contribution in [0.3, 0.4) is 0 Å². The SMILES string of the molecule is O=C1CC(c2ccccc2)Oc2cc(OCC(=O)N3CCC(C(=O)O)C3)cc(O)c21. The molecule has 8 heteroatoms. The third kappa shape index (κ3) is 3.94. The number of phenols is 1. The van der Waals surface area contributed by atoms with Crippen molar-refractivity contribution < 1.29 is 34.1 Å². The summed E-state index contributed by atoms with van der Waals surface area (Å²) in [6.07, 6.45) is 0.0561. The van der Waals surface area contributed by atoms with E-state index in [4.69, 9.17) is 14.6 Å². The van der Waals surface area contributed by atoms with Gasteiger partial charge in [-0.2, -0.15) is 0 Å². The van der Waals surface area contributed by atoms with Crippen LogP contribution in [0.2, 0.25) is 0 Å². The lowest BCUT2D eigenvalue weighted by Gasteiger charge is -2.26. The predicted molar refractivity (Wildman–Crippen MR) is 105 cm³/mol. The number of hydrogen-bond acceptors (Lipinski definition) is 6. The molecular formula is C22H21NO7. The average molecular weight is 411 g/mol. The molecule has 2 N–H and O–H groups in total. The van der Waals surface area contributed by atoms with Gasteiger partial charge >= 0.3 is 5.97 Å². The van der Waals surface area contributed by atoms with E-state index in [0.717, 1.165) is 5.56 Å². The van der Waals surface area contributed by atoms with Crippen molar-refractivity contribution in [3.05, 3.63) is 53.6 Å². The lowest BCUT2D eigenvalue weighted by Crippen LogP contribution is -2.33. The Morgan fingerprint density at radius 2 is 1.97 bits per heavy atom. The number of carbonyl (C=O) groups excluding carboxylic acids is 2. The first-order valence-electron chi connectivity index (χ1n) is 9.67. The summed E-state index contributed by atoms with van der Waals surface area (Å²) in [5.41, 5.74) is 0.948. The van der Waals surface area contributed by atoms with Crippen LogP contribution < -0.4 is 9.47 Å². The van der Waals surface area contributed by atoms with Crippen molar-refractivity contribution in [2.24, 2.45) is 5.92 Å². The van der Waals surface area contributed by atoms with Gasteiger partial charge in [0.15, 0.2) is 12.4 Å². The average Bonchev–Trinajstić information content (AvgIpc) is 3.23. The summed E-state index contributed by atoms with van der Waals surface area (Å²) in [7, 11) is 0. The Hall–Kier alpha value is -3.55. The van der Waals surface area contributed by atoms with E-state index < -0.39 is 18.0 Å². The van der Waals surface area contributed by atoms with Gasteiger partial charge in [-0.1, -0.05) is 30.3 Å². The molecule has 1 fully saturated rings. The number of carboxylic acids is 1. The fourth-order valence-electron chi connectivity index (χ4n) is 3.78. The Morgan fingerprint density at radius 3 is 2.67 bits per heavy atom. The highest BCUT2D eigenvalue weighted by Gasteiger charge is 2.32. The smallest absolute Gasteiger partial charge is 0.308 e. The zero-order valence-electron chi connectivity index (χ0n) is 16.1. The highest BCUT2D eigenvalue weighted by atomic mass is 16.5. The van der Waals surface area contributed by atoms with Crippen LogP contribution in [0.5, 0.6) is 17.2 Å². The first-order chi connectivity index (χ1) is 14.4. The molecule has 0 radical (unpaired) electrons. The minimum atomic E-state index is -0.916. The maximum atomic E-state index is 12.5. The van der Waals surface area contributed by atoms with Gasteiger partial charge in [0.1, 0.15) is 28.9 Å². The number of Topliss-reactive ketones (excluding diaryl/α,β-unsaturated/α-hetero) is 1. The number of ether oxygens (including phenoxy) is 2. The number of ketones is 1. The van der Waals surface area contributed by atoms with Crippen LogP contribution in [-0.2, 0) is 9.59 Å². The first-order valence-corrected chi connectivity index (χ1v) is 9.67. The Morgan fingerprint density at radius 1 is 1.20 bits per heavy atom. The van der Waals surface area contributed by atoms with E-state index in [1.807, 2.05) is 30.3 Å². The monoisotopic (exact) mass is 411 g/mol. The van der Waals surface area contributed by atoms with E-state index in [2.05, 4.69) is 0 Å². The summed E-state index contributed by atoms with van der Waals surface area (Å²) in [4.78, 5) is 37.3. The number of fused-ring (bicyclic) bond motifs is 1. The van der Waals surface area contributed by atoms with Crippen LogP contribution in [0.25, 0.3) is 0 Å². The van der Waals surface area contributed by atoms with Crippen molar-refractivity contribution in [3.8, 4) is 17.2 Å². The van der Waals surface area contributed by atoms with Gasteiger partial charge in [-0.3, -0.25) is 14.4 Å². The third-order valence-electron chi connectivity index (χ3n) is 5.40. The summed E-state index contributed by atoms with van der Waals surface area (Å²) in [6.45, 7) is 0.217. The second-order valence-corrected chi connectivity index (χ2v) is 7.41. The highest BCUT2D eigenvalue weighted by Crippen LogP contribution is 2.41. The largest absolute Gasteiger partial charge is 0.507 e. The Balaban J connectivity index is 1.46.